The van der Waals surface area contributed by atoms with Crippen molar-refractivity contribution < 1.29 is 4.79 Å². The summed E-state index contributed by atoms with van der Waals surface area (Å²) in [6.07, 6.45) is 3.70. The number of carbonyl (C=O) groups is 1. The van der Waals surface area contributed by atoms with Crippen LogP contribution in [0.3, 0.4) is 0 Å². The zero-order valence-electron chi connectivity index (χ0n) is 10.8. The molecule has 0 aliphatic carbocycles. The molecule has 1 atom stereocenters. The highest BCUT2D eigenvalue weighted by atomic mass is 16.2. The summed E-state index contributed by atoms with van der Waals surface area (Å²) in [6, 6.07) is 3.19. The maximum Gasteiger partial charge on any atom is 0.253 e. The lowest BCUT2D eigenvalue weighted by molar-refractivity contribution is 0.0911. The number of aromatic nitrogens is 1. The smallest absolute Gasteiger partial charge is 0.253 e. The van der Waals surface area contributed by atoms with Gasteiger partial charge in [0.25, 0.3) is 5.91 Å². The van der Waals surface area contributed by atoms with Crippen molar-refractivity contribution >= 4 is 5.91 Å². The van der Waals surface area contributed by atoms with Crippen LogP contribution in [-0.2, 0) is 7.05 Å². The van der Waals surface area contributed by atoms with Gasteiger partial charge in [0.2, 0.25) is 5.56 Å². The van der Waals surface area contributed by atoms with Crippen LogP contribution in [0, 0.1) is 0 Å². The minimum absolute atomic E-state index is 0.106. The highest BCUT2D eigenvalue weighted by molar-refractivity contribution is 5.94. The average Bonchev–Trinajstić information content (AvgIpc) is 2.32. The summed E-state index contributed by atoms with van der Waals surface area (Å²) in [4.78, 5) is 25.5. The van der Waals surface area contributed by atoms with E-state index in [2.05, 4.69) is 17.3 Å². The zero-order valence-corrected chi connectivity index (χ0v) is 10.8. The van der Waals surface area contributed by atoms with E-state index in [4.69, 9.17) is 0 Å². The highest BCUT2D eigenvalue weighted by Gasteiger charge is 2.19. The maximum atomic E-state index is 12.0. The quantitative estimate of drug-likeness (QED) is 0.815. The number of nitrogens with one attached hydrogen (secondary N) is 1. The molecular formula is C13H19N3O2. The number of aryl methyl sites for hydroxylation is 1. The first-order valence-electron chi connectivity index (χ1n) is 6.22. The first kappa shape index (κ1) is 12.8. The first-order valence-corrected chi connectivity index (χ1v) is 6.22. The fraction of sp³-hybridized carbons (Fsp3) is 0.538. The van der Waals surface area contributed by atoms with Gasteiger partial charge in [-0.15, -0.1) is 0 Å². The minimum atomic E-state index is -0.107. The molecule has 5 heteroatoms. The number of hydrogen-bond donors (Lipinski definition) is 1. The van der Waals surface area contributed by atoms with Crippen molar-refractivity contribution in [3.05, 3.63) is 34.2 Å². The highest BCUT2D eigenvalue weighted by Crippen LogP contribution is 2.08. The van der Waals surface area contributed by atoms with Crippen molar-refractivity contribution in [2.45, 2.75) is 18.9 Å². The van der Waals surface area contributed by atoms with E-state index in [1.165, 1.54) is 10.6 Å². The normalized spacial score (nSPS) is 20.7. The summed E-state index contributed by atoms with van der Waals surface area (Å²) >= 11 is 0. The van der Waals surface area contributed by atoms with E-state index in [1.54, 1.807) is 19.3 Å². The molecular weight excluding hydrogens is 230 g/mol. The summed E-state index contributed by atoms with van der Waals surface area (Å²) < 4.78 is 1.42. The Morgan fingerprint density at radius 1 is 1.39 bits per heavy atom. The molecule has 0 saturated carbocycles. The van der Waals surface area contributed by atoms with Gasteiger partial charge in [-0.3, -0.25) is 9.59 Å². The molecule has 0 spiro atoms. The number of pyridine rings is 1. The van der Waals surface area contributed by atoms with Crippen LogP contribution < -0.4 is 10.9 Å². The second-order valence-electron chi connectivity index (χ2n) is 4.94. The van der Waals surface area contributed by atoms with Gasteiger partial charge in [-0.2, -0.15) is 0 Å². The molecule has 0 unspecified atom stereocenters. The third kappa shape index (κ3) is 2.98. The second kappa shape index (κ2) is 5.35. The van der Waals surface area contributed by atoms with E-state index in [9.17, 15) is 9.59 Å². The van der Waals surface area contributed by atoms with Crippen LogP contribution in [0.15, 0.2) is 23.1 Å². The molecule has 98 valence electrons. The molecule has 1 fully saturated rings. The minimum Gasteiger partial charge on any atom is -0.348 e. The average molecular weight is 249 g/mol. The van der Waals surface area contributed by atoms with Gasteiger partial charge in [-0.05, 0) is 32.5 Å². The molecule has 1 aromatic heterocycles. The van der Waals surface area contributed by atoms with Crippen molar-refractivity contribution in [3.63, 3.8) is 0 Å². The van der Waals surface area contributed by atoms with E-state index in [0.29, 0.717) is 5.56 Å². The topological polar surface area (TPSA) is 54.3 Å². The molecule has 1 N–H and O–H groups in total. The summed E-state index contributed by atoms with van der Waals surface area (Å²) in [7, 11) is 3.71. The van der Waals surface area contributed by atoms with Crippen molar-refractivity contribution in [1.29, 1.82) is 0 Å². The van der Waals surface area contributed by atoms with Gasteiger partial charge in [-0.1, -0.05) is 0 Å². The number of piperidine rings is 1. The van der Waals surface area contributed by atoms with Crippen molar-refractivity contribution in [2.24, 2.45) is 7.05 Å². The predicted octanol–water partition coefficient (Wildman–Crippen LogP) is 0.209. The van der Waals surface area contributed by atoms with Crippen LogP contribution in [0.5, 0.6) is 0 Å². The molecule has 1 aliphatic heterocycles. The van der Waals surface area contributed by atoms with Crippen LogP contribution in [0.1, 0.15) is 23.2 Å². The molecule has 1 aromatic rings. The first-order chi connectivity index (χ1) is 8.56. The van der Waals surface area contributed by atoms with Gasteiger partial charge in [0.1, 0.15) is 0 Å². The van der Waals surface area contributed by atoms with Crippen LogP contribution >= 0.6 is 0 Å². The molecule has 1 amide bonds. The van der Waals surface area contributed by atoms with E-state index < -0.39 is 0 Å². The number of likely N-dealkylation sites (tertiary alicyclic amines) is 1. The predicted molar refractivity (Wildman–Crippen MR) is 69.7 cm³/mol. The molecule has 0 bridgehead atoms. The SMILES string of the molecule is CN1CCC[C@@H](NC(=O)c2ccc(=O)n(C)c2)C1. The maximum absolute atomic E-state index is 12.0. The summed E-state index contributed by atoms with van der Waals surface area (Å²) in [6.45, 7) is 1.98. The Labute approximate surface area is 106 Å². The van der Waals surface area contributed by atoms with Gasteiger partial charge in [0.15, 0.2) is 0 Å². The van der Waals surface area contributed by atoms with Gasteiger partial charge < -0.3 is 14.8 Å². The van der Waals surface area contributed by atoms with Gasteiger partial charge >= 0.3 is 0 Å². The van der Waals surface area contributed by atoms with Crippen molar-refractivity contribution in [1.82, 2.24) is 14.8 Å². The van der Waals surface area contributed by atoms with Crippen LogP contribution in [0.25, 0.3) is 0 Å². The van der Waals surface area contributed by atoms with E-state index in [0.717, 1.165) is 25.9 Å². The van der Waals surface area contributed by atoms with Crippen molar-refractivity contribution in [3.8, 4) is 0 Å². The Hall–Kier alpha value is -1.62. The molecule has 5 nitrogen and oxygen atoms in total. The van der Waals surface area contributed by atoms with E-state index in [1.807, 2.05) is 0 Å². The number of amides is 1. The number of hydrogen-bond acceptors (Lipinski definition) is 3. The lowest BCUT2D eigenvalue weighted by Gasteiger charge is -2.30. The number of likely N-dealkylation sites (N-methyl/N-ethyl adjacent to an activating group) is 1. The van der Waals surface area contributed by atoms with Gasteiger partial charge in [-0.25, -0.2) is 0 Å². The van der Waals surface area contributed by atoms with Gasteiger partial charge in [0.05, 0.1) is 5.56 Å². The third-order valence-electron chi connectivity index (χ3n) is 3.31. The second-order valence-corrected chi connectivity index (χ2v) is 4.94. The Balaban J connectivity index is 2.02. The fourth-order valence-electron chi connectivity index (χ4n) is 2.28. The largest absolute Gasteiger partial charge is 0.348 e. The lowest BCUT2D eigenvalue weighted by atomic mass is 10.1. The molecule has 2 rings (SSSR count). The lowest BCUT2D eigenvalue weighted by Crippen LogP contribution is -2.46. The summed E-state index contributed by atoms with van der Waals surface area (Å²) in [5, 5.41) is 3.02. The van der Waals surface area contributed by atoms with Crippen LogP contribution in [-0.4, -0.2) is 41.6 Å². The Bertz CT molecular complexity index is 495. The zero-order chi connectivity index (χ0) is 13.1. The summed E-state index contributed by atoms with van der Waals surface area (Å²) in [5.41, 5.74) is 0.425. The standard InChI is InChI=1S/C13H19N3O2/c1-15-7-3-4-11(9-15)14-13(18)10-5-6-12(17)16(2)8-10/h5-6,8,11H,3-4,7,9H2,1-2H3,(H,14,18)/t11-/m1/s1. The molecule has 1 saturated heterocycles. The molecule has 18 heavy (non-hydrogen) atoms. The number of carbonyl (C=O) groups excluding carboxylic acids is 1. The van der Waals surface area contributed by atoms with Crippen LogP contribution in [0.4, 0.5) is 0 Å². The van der Waals surface area contributed by atoms with E-state index >= 15 is 0 Å². The Morgan fingerprint density at radius 3 is 2.83 bits per heavy atom. The molecule has 0 radical (unpaired) electrons. The third-order valence-corrected chi connectivity index (χ3v) is 3.31. The molecule has 2 heterocycles. The monoisotopic (exact) mass is 249 g/mol. The molecule has 0 aromatic carbocycles. The van der Waals surface area contributed by atoms with E-state index in [-0.39, 0.29) is 17.5 Å². The van der Waals surface area contributed by atoms with Crippen LogP contribution in [0.2, 0.25) is 0 Å². The van der Waals surface area contributed by atoms with Gasteiger partial charge in [0, 0.05) is 31.9 Å². The Kier molecular flexibility index (Phi) is 3.81. The Morgan fingerprint density at radius 2 is 2.17 bits per heavy atom. The molecule has 1 aliphatic rings. The summed E-state index contributed by atoms with van der Waals surface area (Å²) in [5.74, 6) is -0.106. The number of nitrogens with zero attached hydrogens (tertiary/aromatic N) is 2. The fourth-order valence-corrected chi connectivity index (χ4v) is 2.28. The van der Waals surface area contributed by atoms with Crippen molar-refractivity contribution in [2.75, 3.05) is 20.1 Å². The number of rotatable bonds is 2.